The first-order chi connectivity index (χ1) is 5.54. The molecule has 1 aliphatic heterocycles. The molecule has 0 bridgehead atoms. The molecule has 1 aliphatic rings. The Labute approximate surface area is 71.8 Å². The maximum absolute atomic E-state index is 10.7. The van der Waals surface area contributed by atoms with E-state index in [1.165, 1.54) is 6.92 Å². The molecule has 0 aromatic rings. The zero-order valence-electron chi connectivity index (χ0n) is 7.62. The van der Waals surface area contributed by atoms with Crippen LogP contribution in [0.25, 0.3) is 0 Å². The van der Waals surface area contributed by atoms with Crippen molar-refractivity contribution in [3.05, 3.63) is 0 Å². The van der Waals surface area contributed by atoms with E-state index in [1.807, 2.05) is 6.92 Å². The van der Waals surface area contributed by atoms with Gasteiger partial charge in [0.1, 0.15) is 6.10 Å². The molecule has 0 amide bonds. The van der Waals surface area contributed by atoms with Crippen LogP contribution in [0.1, 0.15) is 20.8 Å². The standard InChI is InChI=1S/C8H14O4/c1-6-8(3,12-7(2)9)11-5-4-10-6/h6H,4-5H2,1-3H3. The van der Waals surface area contributed by atoms with Crippen molar-refractivity contribution in [1.82, 2.24) is 0 Å². The molecule has 4 heteroatoms. The van der Waals surface area contributed by atoms with Crippen LogP contribution in [0.3, 0.4) is 0 Å². The third-order valence-corrected chi connectivity index (χ3v) is 1.92. The predicted octanol–water partition coefficient (Wildman–Crippen LogP) is 0.701. The average Bonchev–Trinajstić information content (AvgIpc) is 1.94. The van der Waals surface area contributed by atoms with Crippen molar-refractivity contribution in [2.45, 2.75) is 32.7 Å². The van der Waals surface area contributed by atoms with Gasteiger partial charge in [-0.1, -0.05) is 0 Å². The summed E-state index contributed by atoms with van der Waals surface area (Å²) in [7, 11) is 0. The summed E-state index contributed by atoms with van der Waals surface area (Å²) < 4.78 is 15.6. The smallest absolute Gasteiger partial charge is 0.305 e. The van der Waals surface area contributed by atoms with E-state index in [4.69, 9.17) is 14.2 Å². The largest absolute Gasteiger partial charge is 0.431 e. The number of hydrogen-bond acceptors (Lipinski definition) is 4. The molecule has 1 rings (SSSR count). The van der Waals surface area contributed by atoms with E-state index in [0.717, 1.165) is 0 Å². The Morgan fingerprint density at radius 3 is 2.75 bits per heavy atom. The lowest BCUT2D eigenvalue weighted by Crippen LogP contribution is -2.50. The summed E-state index contributed by atoms with van der Waals surface area (Å²) in [5.74, 6) is -1.26. The fraction of sp³-hybridized carbons (Fsp3) is 0.875. The molecule has 0 spiro atoms. The van der Waals surface area contributed by atoms with Crippen molar-refractivity contribution in [3.8, 4) is 0 Å². The Kier molecular flexibility index (Phi) is 2.69. The molecule has 0 saturated carbocycles. The van der Waals surface area contributed by atoms with Crippen LogP contribution in [0.15, 0.2) is 0 Å². The van der Waals surface area contributed by atoms with Crippen LogP contribution in [0.2, 0.25) is 0 Å². The van der Waals surface area contributed by atoms with E-state index in [2.05, 4.69) is 0 Å². The molecule has 1 heterocycles. The van der Waals surface area contributed by atoms with Crippen molar-refractivity contribution in [2.75, 3.05) is 13.2 Å². The fourth-order valence-corrected chi connectivity index (χ4v) is 1.14. The number of esters is 1. The molecule has 1 fully saturated rings. The van der Waals surface area contributed by atoms with Gasteiger partial charge in [0.05, 0.1) is 13.2 Å². The van der Waals surface area contributed by atoms with E-state index in [0.29, 0.717) is 13.2 Å². The minimum absolute atomic E-state index is 0.213. The highest BCUT2D eigenvalue weighted by Crippen LogP contribution is 2.23. The van der Waals surface area contributed by atoms with Crippen LogP contribution >= 0.6 is 0 Å². The lowest BCUT2D eigenvalue weighted by atomic mass is 10.2. The molecule has 12 heavy (non-hydrogen) atoms. The summed E-state index contributed by atoms with van der Waals surface area (Å²) >= 11 is 0. The minimum atomic E-state index is -0.913. The second-order valence-corrected chi connectivity index (χ2v) is 2.97. The molecule has 0 aromatic carbocycles. The van der Waals surface area contributed by atoms with E-state index in [9.17, 15) is 4.79 Å². The third-order valence-electron chi connectivity index (χ3n) is 1.92. The summed E-state index contributed by atoms with van der Waals surface area (Å²) in [4.78, 5) is 10.7. The molecule has 0 aliphatic carbocycles. The van der Waals surface area contributed by atoms with E-state index >= 15 is 0 Å². The maximum atomic E-state index is 10.7. The topological polar surface area (TPSA) is 44.8 Å². The number of rotatable bonds is 1. The van der Waals surface area contributed by atoms with Gasteiger partial charge in [-0.3, -0.25) is 4.79 Å². The summed E-state index contributed by atoms with van der Waals surface area (Å²) in [6.07, 6.45) is -0.213. The zero-order chi connectivity index (χ0) is 9.19. The van der Waals surface area contributed by atoms with Crippen molar-refractivity contribution in [1.29, 1.82) is 0 Å². The lowest BCUT2D eigenvalue weighted by Gasteiger charge is -2.37. The summed E-state index contributed by atoms with van der Waals surface area (Å²) in [5.41, 5.74) is 0. The van der Waals surface area contributed by atoms with Crippen LogP contribution in [-0.2, 0) is 19.0 Å². The quantitative estimate of drug-likeness (QED) is 0.549. The number of ether oxygens (including phenoxy) is 3. The van der Waals surface area contributed by atoms with Crippen LogP contribution in [0, 0.1) is 0 Å². The second kappa shape index (κ2) is 3.41. The predicted molar refractivity (Wildman–Crippen MR) is 41.5 cm³/mol. The van der Waals surface area contributed by atoms with Crippen LogP contribution < -0.4 is 0 Å². The van der Waals surface area contributed by atoms with Crippen molar-refractivity contribution < 1.29 is 19.0 Å². The van der Waals surface area contributed by atoms with Gasteiger partial charge in [-0.2, -0.15) is 0 Å². The minimum Gasteiger partial charge on any atom is -0.431 e. The monoisotopic (exact) mass is 174 g/mol. The second-order valence-electron chi connectivity index (χ2n) is 2.97. The highest BCUT2D eigenvalue weighted by molar-refractivity contribution is 5.66. The summed E-state index contributed by atoms with van der Waals surface area (Å²) in [5, 5.41) is 0. The Balaban J connectivity index is 2.59. The van der Waals surface area contributed by atoms with Crippen molar-refractivity contribution in [2.24, 2.45) is 0 Å². The fourth-order valence-electron chi connectivity index (χ4n) is 1.14. The van der Waals surface area contributed by atoms with E-state index in [-0.39, 0.29) is 12.1 Å². The Morgan fingerprint density at radius 1 is 1.58 bits per heavy atom. The summed E-state index contributed by atoms with van der Waals surface area (Å²) in [6.45, 7) is 5.91. The molecule has 2 atom stereocenters. The molecule has 0 radical (unpaired) electrons. The lowest BCUT2D eigenvalue weighted by molar-refractivity contribution is -0.297. The Bertz CT molecular complexity index is 180. The number of hydrogen-bond donors (Lipinski definition) is 0. The molecule has 0 aromatic heterocycles. The summed E-state index contributed by atoms with van der Waals surface area (Å²) in [6, 6.07) is 0. The van der Waals surface area contributed by atoms with E-state index in [1.54, 1.807) is 6.92 Å². The van der Waals surface area contributed by atoms with Gasteiger partial charge in [0.15, 0.2) is 0 Å². The molecule has 0 N–H and O–H groups in total. The normalized spacial score (nSPS) is 36.1. The van der Waals surface area contributed by atoms with Crippen LogP contribution in [0.4, 0.5) is 0 Å². The molecular formula is C8H14O4. The molecule has 1 saturated heterocycles. The van der Waals surface area contributed by atoms with Crippen LogP contribution in [-0.4, -0.2) is 31.1 Å². The first-order valence-electron chi connectivity index (χ1n) is 4.00. The third kappa shape index (κ3) is 1.95. The Morgan fingerprint density at radius 2 is 2.25 bits per heavy atom. The Hall–Kier alpha value is -0.610. The maximum Gasteiger partial charge on any atom is 0.305 e. The molecule has 70 valence electrons. The first-order valence-corrected chi connectivity index (χ1v) is 4.00. The molecular weight excluding hydrogens is 160 g/mol. The van der Waals surface area contributed by atoms with Gasteiger partial charge in [-0.15, -0.1) is 0 Å². The SMILES string of the molecule is CC(=O)OC1(C)OCCOC1C. The highest BCUT2D eigenvalue weighted by Gasteiger charge is 2.39. The van der Waals surface area contributed by atoms with Crippen molar-refractivity contribution >= 4 is 5.97 Å². The number of carbonyl (C=O) groups is 1. The van der Waals surface area contributed by atoms with Gasteiger partial charge in [-0.25, -0.2) is 0 Å². The number of carbonyl (C=O) groups excluding carboxylic acids is 1. The molecule has 2 unspecified atom stereocenters. The van der Waals surface area contributed by atoms with Gasteiger partial charge in [0.25, 0.3) is 0 Å². The van der Waals surface area contributed by atoms with E-state index < -0.39 is 5.79 Å². The molecule has 4 nitrogen and oxygen atoms in total. The highest BCUT2D eigenvalue weighted by atomic mass is 16.7. The van der Waals surface area contributed by atoms with Gasteiger partial charge in [0, 0.05) is 13.8 Å². The van der Waals surface area contributed by atoms with Crippen molar-refractivity contribution in [3.63, 3.8) is 0 Å². The zero-order valence-corrected chi connectivity index (χ0v) is 7.62. The van der Waals surface area contributed by atoms with Gasteiger partial charge in [0.2, 0.25) is 5.79 Å². The van der Waals surface area contributed by atoms with Gasteiger partial charge >= 0.3 is 5.97 Å². The van der Waals surface area contributed by atoms with Crippen LogP contribution in [0.5, 0.6) is 0 Å². The average molecular weight is 174 g/mol. The van der Waals surface area contributed by atoms with Gasteiger partial charge < -0.3 is 14.2 Å². The van der Waals surface area contributed by atoms with Gasteiger partial charge in [-0.05, 0) is 6.92 Å². The first kappa shape index (κ1) is 9.48.